The molecule has 1 nitrogen and oxygen atoms in total. The Bertz CT molecular complexity index is 462. The van der Waals surface area contributed by atoms with Gasteiger partial charge < -0.3 is 5.11 Å². The maximum Gasteiger partial charge on any atom is 0.115 e. The Kier molecular flexibility index (Phi) is 3.81. The van der Waals surface area contributed by atoms with Gasteiger partial charge in [0.1, 0.15) is 5.75 Å². The molecule has 1 atom stereocenters. The molecule has 1 unspecified atom stereocenters. The van der Waals surface area contributed by atoms with Gasteiger partial charge in [-0.15, -0.1) is 0 Å². The molecular formula is C16H18O. The molecule has 2 aromatic carbocycles. The number of hydrogen-bond acceptors (Lipinski definition) is 1. The SMILES string of the molecule is CC(CCc1ccccc1)c1cccc(O)c1. The van der Waals surface area contributed by atoms with Crippen molar-refractivity contribution in [1.82, 2.24) is 0 Å². The summed E-state index contributed by atoms with van der Waals surface area (Å²) >= 11 is 0. The van der Waals surface area contributed by atoms with Gasteiger partial charge in [0, 0.05) is 0 Å². The Morgan fingerprint density at radius 1 is 1.00 bits per heavy atom. The van der Waals surface area contributed by atoms with E-state index in [1.165, 1.54) is 11.1 Å². The fourth-order valence-electron chi connectivity index (χ4n) is 2.03. The van der Waals surface area contributed by atoms with Crippen LogP contribution in [0.15, 0.2) is 54.6 Å². The van der Waals surface area contributed by atoms with Crippen LogP contribution in [-0.4, -0.2) is 5.11 Å². The highest BCUT2D eigenvalue weighted by molar-refractivity contribution is 5.29. The van der Waals surface area contributed by atoms with Crippen LogP contribution in [0.4, 0.5) is 0 Å². The zero-order valence-electron chi connectivity index (χ0n) is 10.1. The zero-order chi connectivity index (χ0) is 12.1. The lowest BCUT2D eigenvalue weighted by Gasteiger charge is -2.12. The van der Waals surface area contributed by atoms with E-state index in [0.717, 1.165) is 12.8 Å². The van der Waals surface area contributed by atoms with E-state index in [1.807, 2.05) is 18.2 Å². The van der Waals surface area contributed by atoms with Crippen molar-refractivity contribution in [1.29, 1.82) is 0 Å². The van der Waals surface area contributed by atoms with Crippen LogP contribution in [0.3, 0.4) is 0 Å². The van der Waals surface area contributed by atoms with E-state index in [1.54, 1.807) is 6.07 Å². The van der Waals surface area contributed by atoms with E-state index in [0.29, 0.717) is 11.7 Å². The summed E-state index contributed by atoms with van der Waals surface area (Å²) < 4.78 is 0. The van der Waals surface area contributed by atoms with Gasteiger partial charge in [-0.2, -0.15) is 0 Å². The summed E-state index contributed by atoms with van der Waals surface area (Å²) in [5, 5.41) is 9.45. The monoisotopic (exact) mass is 226 g/mol. The summed E-state index contributed by atoms with van der Waals surface area (Å²) in [5.41, 5.74) is 2.58. The van der Waals surface area contributed by atoms with Crippen LogP contribution in [0.25, 0.3) is 0 Å². The molecule has 0 bridgehead atoms. The first kappa shape index (κ1) is 11.7. The van der Waals surface area contributed by atoms with E-state index in [9.17, 15) is 5.11 Å². The average molecular weight is 226 g/mol. The Morgan fingerprint density at radius 3 is 2.47 bits per heavy atom. The Balaban J connectivity index is 1.96. The summed E-state index contributed by atoms with van der Waals surface area (Å²) in [6.07, 6.45) is 2.19. The number of phenols is 1. The minimum absolute atomic E-state index is 0.356. The van der Waals surface area contributed by atoms with Gasteiger partial charge in [-0.3, -0.25) is 0 Å². The standard InChI is InChI=1S/C16H18O/c1-13(15-8-5-9-16(17)12-15)10-11-14-6-3-2-4-7-14/h2-9,12-13,17H,10-11H2,1H3. The third kappa shape index (κ3) is 3.35. The van der Waals surface area contributed by atoms with E-state index in [4.69, 9.17) is 0 Å². The first-order valence-corrected chi connectivity index (χ1v) is 6.08. The Morgan fingerprint density at radius 2 is 1.76 bits per heavy atom. The minimum atomic E-state index is 0.356. The highest BCUT2D eigenvalue weighted by atomic mass is 16.3. The normalized spacial score (nSPS) is 12.3. The lowest BCUT2D eigenvalue weighted by atomic mass is 9.94. The molecule has 0 saturated heterocycles. The second-order valence-corrected chi connectivity index (χ2v) is 4.52. The predicted octanol–water partition coefficient (Wildman–Crippen LogP) is 4.13. The van der Waals surface area contributed by atoms with E-state index in [2.05, 4.69) is 37.3 Å². The van der Waals surface area contributed by atoms with E-state index in [-0.39, 0.29) is 0 Å². The fourth-order valence-corrected chi connectivity index (χ4v) is 2.03. The molecular weight excluding hydrogens is 208 g/mol. The molecule has 0 saturated carbocycles. The second kappa shape index (κ2) is 5.53. The molecule has 0 spiro atoms. The molecule has 0 fully saturated rings. The number of aromatic hydroxyl groups is 1. The Labute approximate surface area is 103 Å². The quantitative estimate of drug-likeness (QED) is 0.831. The number of phenolic OH excluding ortho intramolecular Hbond substituents is 1. The summed E-state index contributed by atoms with van der Waals surface area (Å²) in [6, 6.07) is 18.1. The van der Waals surface area contributed by atoms with E-state index >= 15 is 0 Å². The van der Waals surface area contributed by atoms with Crippen LogP contribution in [-0.2, 0) is 6.42 Å². The Hall–Kier alpha value is -1.76. The molecule has 0 aliphatic carbocycles. The lowest BCUT2D eigenvalue weighted by Crippen LogP contribution is -1.96. The first-order chi connectivity index (χ1) is 8.25. The van der Waals surface area contributed by atoms with Crippen molar-refractivity contribution < 1.29 is 5.11 Å². The number of hydrogen-bond donors (Lipinski definition) is 1. The molecule has 0 aromatic heterocycles. The van der Waals surface area contributed by atoms with Gasteiger partial charge in [-0.1, -0.05) is 49.4 Å². The highest BCUT2D eigenvalue weighted by Crippen LogP contribution is 2.23. The maximum absolute atomic E-state index is 9.45. The molecule has 0 amide bonds. The molecule has 88 valence electrons. The third-order valence-corrected chi connectivity index (χ3v) is 3.15. The van der Waals surface area contributed by atoms with Gasteiger partial charge in [0.2, 0.25) is 0 Å². The molecule has 1 N–H and O–H groups in total. The predicted molar refractivity (Wildman–Crippen MR) is 71.3 cm³/mol. The van der Waals surface area contributed by atoms with Crippen molar-refractivity contribution in [3.05, 3.63) is 65.7 Å². The minimum Gasteiger partial charge on any atom is -0.508 e. The van der Waals surface area contributed by atoms with Gasteiger partial charge in [0.15, 0.2) is 0 Å². The van der Waals surface area contributed by atoms with Gasteiger partial charge >= 0.3 is 0 Å². The largest absolute Gasteiger partial charge is 0.508 e. The summed E-state index contributed by atoms with van der Waals surface area (Å²) in [4.78, 5) is 0. The second-order valence-electron chi connectivity index (χ2n) is 4.52. The van der Waals surface area contributed by atoms with Crippen LogP contribution in [0, 0.1) is 0 Å². The number of rotatable bonds is 4. The fraction of sp³-hybridized carbons (Fsp3) is 0.250. The molecule has 2 rings (SSSR count). The highest BCUT2D eigenvalue weighted by Gasteiger charge is 2.06. The van der Waals surface area contributed by atoms with Crippen molar-refractivity contribution in [2.75, 3.05) is 0 Å². The summed E-state index contributed by atoms with van der Waals surface area (Å²) in [7, 11) is 0. The van der Waals surface area contributed by atoms with Crippen LogP contribution in [0.1, 0.15) is 30.4 Å². The van der Waals surface area contributed by atoms with Crippen molar-refractivity contribution in [2.45, 2.75) is 25.7 Å². The van der Waals surface area contributed by atoms with Gasteiger partial charge in [-0.25, -0.2) is 0 Å². The molecule has 0 aliphatic heterocycles. The van der Waals surface area contributed by atoms with Crippen LogP contribution < -0.4 is 0 Å². The topological polar surface area (TPSA) is 20.2 Å². The van der Waals surface area contributed by atoms with E-state index < -0.39 is 0 Å². The summed E-state index contributed by atoms with van der Waals surface area (Å²) in [6.45, 7) is 2.21. The smallest absolute Gasteiger partial charge is 0.115 e. The third-order valence-electron chi connectivity index (χ3n) is 3.15. The average Bonchev–Trinajstić information content (AvgIpc) is 2.37. The molecule has 2 aromatic rings. The summed E-state index contributed by atoms with van der Waals surface area (Å²) in [5.74, 6) is 0.830. The van der Waals surface area contributed by atoms with Gasteiger partial charge in [-0.05, 0) is 42.0 Å². The van der Waals surface area contributed by atoms with Gasteiger partial charge in [0.25, 0.3) is 0 Å². The van der Waals surface area contributed by atoms with Crippen molar-refractivity contribution in [2.24, 2.45) is 0 Å². The molecule has 0 radical (unpaired) electrons. The molecule has 1 heteroatoms. The number of aryl methyl sites for hydroxylation is 1. The van der Waals surface area contributed by atoms with Crippen LogP contribution >= 0.6 is 0 Å². The van der Waals surface area contributed by atoms with Gasteiger partial charge in [0.05, 0.1) is 0 Å². The molecule has 0 aliphatic rings. The maximum atomic E-state index is 9.45. The molecule has 0 heterocycles. The van der Waals surface area contributed by atoms with Crippen molar-refractivity contribution >= 4 is 0 Å². The molecule has 17 heavy (non-hydrogen) atoms. The first-order valence-electron chi connectivity index (χ1n) is 6.08. The van der Waals surface area contributed by atoms with Crippen LogP contribution in [0.5, 0.6) is 5.75 Å². The zero-order valence-corrected chi connectivity index (χ0v) is 10.1. The number of benzene rings is 2. The van der Waals surface area contributed by atoms with Crippen molar-refractivity contribution in [3.8, 4) is 5.75 Å². The van der Waals surface area contributed by atoms with Crippen molar-refractivity contribution in [3.63, 3.8) is 0 Å². The lowest BCUT2D eigenvalue weighted by molar-refractivity contribution is 0.473. The van der Waals surface area contributed by atoms with Crippen LogP contribution in [0.2, 0.25) is 0 Å².